The molecule has 0 spiro atoms. The van der Waals surface area contributed by atoms with Gasteiger partial charge in [0.25, 0.3) is 5.56 Å². The summed E-state index contributed by atoms with van der Waals surface area (Å²) in [5.74, 6) is 0.742. The minimum Gasteiger partial charge on any atom is -0.293 e. The number of thiophene rings is 1. The van der Waals surface area contributed by atoms with Gasteiger partial charge in [0.2, 0.25) is 0 Å². The number of aryl methyl sites for hydroxylation is 2. The SMILES string of the molecule is Cc1ccc(-n2c(SCC(=O)c3ccc(Cl)cc3)nc3sc4c(c3c2=O)CCC(C(C)(C)C)C4)cc1. The van der Waals surface area contributed by atoms with Crippen LogP contribution in [0.4, 0.5) is 0 Å². The topological polar surface area (TPSA) is 52.0 Å². The molecule has 2 aromatic carbocycles. The fourth-order valence-electron chi connectivity index (χ4n) is 4.81. The maximum absolute atomic E-state index is 14.0. The summed E-state index contributed by atoms with van der Waals surface area (Å²) >= 11 is 8.93. The molecule has 0 N–H and O–H groups in total. The molecular formula is C29H29ClN2O2S2. The Balaban J connectivity index is 1.58. The van der Waals surface area contributed by atoms with Crippen LogP contribution >= 0.6 is 34.7 Å². The number of rotatable bonds is 5. The molecule has 1 aliphatic carbocycles. The second-order valence-electron chi connectivity index (χ2n) is 10.6. The highest BCUT2D eigenvalue weighted by Gasteiger charge is 2.32. The number of halogens is 1. The highest BCUT2D eigenvalue weighted by atomic mass is 35.5. The van der Waals surface area contributed by atoms with Crippen LogP contribution in [0.3, 0.4) is 0 Å². The quantitative estimate of drug-likeness (QED) is 0.150. The molecule has 2 aromatic heterocycles. The van der Waals surface area contributed by atoms with Crippen LogP contribution < -0.4 is 5.56 Å². The smallest absolute Gasteiger partial charge is 0.267 e. The van der Waals surface area contributed by atoms with Gasteiger partial charge in [-0.25, -0.2) is 4.98 Å². The van der Waals surface area contributed by atoms with Crippen molar-refractivity contribution in [2.24, 2.45) is 11.3 Å². The number of Topliss-reactive ketones (excluding diaryl/α,β-unsaturated/α-hetero) is 1. The molecule has 1 atom stereocenters. The predicted octanol–water partition coefficient (Wildman–Crippen LogP) is 7.54. The average molecular weight is 537 g/mol. The number of carbonyl (C=O) groups excluding carboxylic acids is 1. The van der Waals surface area contributed by atoms with Crippen LogP contribution in [0.2, 0.25) is 5.02 Å². The number of hydrogen-bond acceptors (Lipinski definition) is 5. The van der Waals surface area contributed by atoms with E-state index in [-0.39, 0.29) is 22.5 Å². The second-order valence-corrected chi connectivity index (χ2v) is 13.0. The van der Waals surface area contributed by atoms with Gasteiger partial charge >= 0.3 is 0 Å². The zero-order valence-corrected chi connectivity index (χ0v) is 23.3. The fourth-order valence-corrected chi connectivity index (χ4v) is 7.19. The predicted molar refractivity (Wildman–Crippen MR) is 151 cm³/mol. The molecule has 0 aliphatic heterocycles. The lowest BCUT2D eigenvalue weighted by Gasteiger charge is -2.33. The molecule has 36 heavy (non-hydrogen) atoms. The van der Waals surface area contributed by atoms with Gasteiger partial charge in [-0.15, -0.1) is 11.3 Å². The number of benzene rings is 2. The van der Waals surface area contributed by atoms with Crippen LogP contribution in [0.15, 0.2) is 58.5 Å². The Labute approximate surface area is 224 Å². The molecule has 0 radical (unpaired) electrons. The van der Waals surface area contributed by atoms with Gasteiger partial charge in [-0.3, -0.25) is 14.2 Å². The molecule has 1 aliphatic rings. The molecule has 0 bridgehead atoms. The standard InChI is InChI=1S/C29H29ClN2O2S2/c1-17-5-12-21(13-6-17)32-27(34)25-22-14-9-19(29(2,3)4)15-24(22)36-26(25)31-28(32)35-16-23(33)18-7-10-20(30)11-8-18/h5-8,10-13,19H,9,14-16H2,1-4H3. The summed E-state index contributed by atoms with van der Waals surface area (Å²) in [6.45, 7) is 8.91. The van der Waals surface area contributed by atoms with Crippen LogP contribution in [0.5, 0.6) is 0 Å². The van der Waals surface area contributed by atoms with Gasteiger partial charge in [-0.2, -0.15) is 0 Å². The summed E-state index contributed by atoms with van der Waals surface area (Å²) in [6.07, 6.45) is 2.98. The van der Waals surface area contributed by atoms with E-state index in [1.165, 1.54) is 22.2 Å². The van der Waals surface area contributed by atoms with Crippen molar-refractivity contribution in [3.8, 4) is 5.69 Å². The number of aromatic nitrogens is 2. The number of ketones is 1. The number of thioether (sulfide) groups is 1. The second kappa shape index (κ2) is 9.81. The summed E-state index contributed by atoms with van der Waals surface area (Å²) in [5.41, 5.74) is 3.84. The molecule has 4 aromatic rings. The van der Waals surface area contributed by atoms with Crippen molar-refractivity contribution < 1.29 is 4.79 Å². The Hall–Kier alpha value is -2.41. The van der Waals surface area contributed by atoms with E-state index in [0.717, 1.165) is 40.7 Å². The van der Waals surface area contributed by atoms with E-state index in [4.69, 9.17) is 16.6 Å². The summed E-state index contributed by atoms with van der Waals surface area (Å²) < 4.78 is 1.68. The monoisotopic (exact) mass is 536 g/mol. The average Bonchev–Trinajstić information content (AvgIpc) is 3.21. The van der Waals surface area contributed by atoms with Crippen molar-refractivity contribution in [1.29, 1.82) is 0 Å². The Bertz CT molecular complexity index is 1500. The van der Waals surface area contributed by atoms with Gasteiger partial charge in [0.15, 0.2) is 10.9 Å². The van der Waals surface area contributed by atoms with Gasteiger partial charge < -0.3 is 0 Å². The number of nitrogens with zero attached hydrogens (tertiary/aromatic N) is 2. The Morgan fingerprint density at radius 2 is 1.83 bits per heavy atom. The van der Waals surface area contributed by atoms with Crippen molar-refractivity contribution >= 4 is 50.7 Å². The Kier molecular flexibility index (Phi) is 6.88. The van der Waals surface area contributed by atoms with Crippen LogP contribution in [-0.4, -0.2) is 21.1 Å². The normalized spacial score (nSPS) is 15.8. The molecule has 2 heterocycles. The lowest BCUT2D eigenvalue weighted by Crippen LogP contribution is -2.27. The Morgan fingerprint density at radius 3 is 2.50 bits per heavy atom. The molecule has 0 fully saturated rings. The third-order valence-electron chi connectivity index (χ3n) is 7.07. The maximum atomic E-state index is 14.0. The van der Waals surface area contributed by atoms with Gasteiger partial charge in [0, 0.05) is 15.5 Å². The lowest BCUT2D eigenvalue weighted by molar-refractivity contribution is 0.102. The summed E-state index contributed by atoms with van der Waals surface area (Å²) in [5, 5.41) is 1.89. The molecule has 0 saturated carbocycles. The zero-order valence-electron chi connectivity index (χ0n) is 20.9. The van der Waals surface area contributed by atoms with Crippen molar-refractivity contribution in [2.45, 2.75) is 52.1 Å². The van der Waals surface area contributed by atoms with E-state index in [2.05, 4.69) is 20.8 Å². The van der Waals surface area contributed by atoms with Crippen molar-refractivity contribution in [2.75, 3.05) is 5.75 Å². The van der Waals surface area contributed by atoms with Crippen molar-refractivity contribution in [1.82, 2.24) is 9.55 Å². The molecule has 7 heteroatoms. The van der Waals surface area contributed by atoms with E-state index in [1.54, 1.807) is 40.2 Å². The molecule has 0 amide bonds. The van der Waals surface area contributed by atoms with Gasteiger partial charge in [-0.05, 0) is 79.5 Å². The van der Waals surface area contributed by atoms with E-state index in [1.807, 2.05) is 31.2 Å². The first-order valence-corrected chi connectivity index (χ1v) is 14.4. The molecule has 5 rings (SSSR count). The molecule has 186 valence electrons. The summed E-state index contributed by atoms with van der Waals surface area (Å²) in [6, 6.07) is 14.8. The molecule has 4 nitrogen and oxygen atoms in total. The van der Waals surface area contributed by atoms with Gasteiger partial charge in [-0.1, -0.05) is 61.8 Å². The fraction of sp³-hybridized carbons (Fsp3) is 0.345. The van der Waals surface area contributed by atoms with Gasteiger partial charge in [0.1, 0.15) is 4.83 Å². The number of hydrogen-bond donors (Lipinski definition) is 0. The van der Waals surface area contributed by atoms with Crippen molar-refractivity contribution in [3.05, 3.63) is 85.5 Å². The largest absolute Gasteiger partial charge is 0.293 e. The van der Waals surface area contributed by atoms with Crippen LogP contribution in [-0.2, 0) is 12.8 Å². The van der Waals surface area contributed by atoms with Crippen LogP contribution in [0.1, 0.15) is 53.6 Å². The first-order chi connectivity index (χ1) is 17.1. The van der Waals surface area contributed by atoms with E-state index >= 15 is 0 Å². The number of fused-ring (bicyclic) bond motifs is 3. The molecule has 1 unspecified atom stereocenters. The lowest BCUT2D eigenvalue weighted by atomic mass is 9.72. The first kappa shape index (κ1) is 25.2. The summed E-state index contributed by atoms with van der Waals surface area (Å²) in [7, 11) is 0. The maximum Gasteiger partial charge on any atom is 0.267 e. The van der Waals surface area contributed by atoms with E-state index in [0.29, 0.717) is 21.7 Å². The third kappa shape index (κ3) is 4.91. The number of carbonyl (C=O) groups is 1. The minimum absolute atomic E-state index is 0.0278. The Morgan fingerprint density at radius 1 is 1.14 bits per heavy atom. The highest BCUT2D eigenvalue weighted by molar-refractivity contribution is 7.99. The molecular weight excluding hydrogens is 508 g/mol. The third-order valence-corrected chi connectivity index (χ3v) is 9.41. The van der Waals surface area contributed by atoms with E-state index in [9.17, 15) is 9.59 Å². The highest BCUT2D eigenvalue weighted by Crippen LogP contribution is 2.42. The van der Waals surface area contributed by atoms with Gasteiger partial charge in [0.05, 0.1) is 16.8 Å². The zero-order chi connectivity index (χ0) is 25.6. The van der Waals surface area contributed by atoms with Crippen molar-refractivity contribution in [3.63, 3.8) is 0 Å². The van der Waals surface area contributed by atoms with Crippen LogP contribution in [0.25, 0.3) is 15.9 Å². The first-order valence-electron chi connectivity index (χ1n) is 12.2. The summed E-state index contributed by atoms with van der Waals surface area (Å²) in [4.78, 5) is 33.9. The molecule has 0 saturated heterocycles. The van der Waals surface area contributed by atoms with Crippen LogP contribution in [0, 0.1) is 18.3 Å². The minimum atomic E-state index is -0.0444. The van der Waals surface area contributed by atoms with E-state index < -0.39 is 0 Å².